The third-order valence-electron chi connectivity index (χ3n) is 2.64. The van der Waals surface area contributed by atoms with Gasteiger partial charge in [-0.15, -0.1) is 0 Å². The second-order valence-electron chi connectivity index (χ2n) is 4.05. The number of carbonyl (C=O) groups excluding carboxylic acids is 1. The van der Waals surface area contributed by atoms with E-state index in [0.717, 1.165) is 11.0 Å². The normalized spacial score (nSPS) is 10.4. The molecule has 5 nitrogen and oxygen atoms in total. The van der Waals surface area contributed by atoms with E-state index in [-0.39, 0.29) is 11.5 Å². The molecular formula is C12H18BrN3O2. The zero-order valence-corrected chi connectivity index (χ0v) is 12.2. The lowest BCUT2D eigenvalue weighted by molar-refractivity contribution is -0.130. The van der Waals surface area contributed by atoms with Crippen LogP contribution in [0.1, 0.15) is 6.42 Å². The molecule has 0 aromatic carbocycles. The van der Waals surface area contributed by atoms with E-state index in [1.165, 1.54) is 10.6 Å². The molecule has 0 atom stereocenters. The van der Waals surface area contributed by atoms with Crippen LogP contribution in [0, 0.1) is 0 Å². The molecule has 0 fully saturated rings. The van der Waals surface area contributed by atoms with Crippen LogP contribution < -0.4 is 10.9 Å². The molecular weight excluding hydrogens is 298 g/mol. The number of likely N-dealkylation sites (N-methyl/N-ethyl adjacent to an activating group) is 2. The molecule has 0 radical (unpaired) electrons. The molecule has 0 unspecified atom stereocenters. The monoisotopic (exact) mass is 315 g/mol. The number of aryl methyl sites for hydroxylation is 1. The van der Waals surface area contributed by atoms with Crippen molar-refractivity contribution in [1.82, 2.24) is 14.8 Å². The lowest BCUT2D eigenvalue weighted by Crippen LogP contribution is -2.33. The Morgan fingerprint density at radius 2 is 2.22 bits per heavy atom. The largest absolute Gasteiger partial charge is 0.344 e. The lowest BCUT2D eigenvalue weighted by atomic mass is 10.3. The third-order valence-corrected chi connectivity index (χ3v) is 3.11. The van der Waals surface area contributed by atoms with Crippen molar-refractivity contribution in [2.75, 3.05) is 27.2 Å². The number of carbonyl (C=O) groups is 1. The fourth-order valence-electron chi connectivity index (χ4n) is 1.49. The van der Waals surface area contributed by atoms with Crippen LogP contribution in [-0.4, -0.2) is 42.6 Å². The van der Waals surface area contributed by atoms with Crippen molar-refractivity contribution in [3.8, 4) is 0 Å². The van der Waals surface area contributed by atoms with Crippen molar-refractivity contribution in [2.45, 2.75) is 13.0 Å². The number of nitrogens with one attached hydrogen (secondary N) is 1. The van der Waals surface area contributed by atoms with E-state index in [0.29, 0.717) is 19.5 Å². The molecule has 1 heterocycles. The first-order valence-corrected chi connectivity index (χ1v) is 6.58. The number of pyridine rings is 1. The van der Waals surface area contributed by atoms with Gasteiger partial charge in [0.1, 0.15) is 0 Å². The highest BCUT2D eigenvalue weighted by molar-refractivity contribution is 9.10. The number of hydrogen-bond acceptors (Lipinski definition) is 3. The minimum absolute atomic E-state index is 0.0390. The number of halogens is 1. The second kappa shape index (κ2) is 7.33. The fourth-order valence-corrected chi connectivity index (χ4v) is 1.87. The maximum absolute atomic E-state index is 11.8. The topological polar surface area (TPSA) is 54.3 Å². The quantitative estimate of drug-likeness (QED) is 0.840. The molecule has 0 aliphatic carbocycles. The van der Waals surface area contributed by atoms with Crippen LogP contribution in [-0.2, 0) is 11.3 Å². The summed E-state index contributed by atoms with van der Waals surface area (Å²) in [5, 5.41) is 2.99. The van der Waals surface area contributed by atoms with Crippen molar-refractivity contribution in [3.05, 3.63) is 33.2 Å². The summed E-state index contributed by atoms with van der Waals surface area (Å²) >= 11 is 3.30. The maximum atomic E-state index is 11.8. The number of rotatable bonds is 6. The van der Waals surface area contributed by atoms with Crippen molar-refractivity contribution in [2.24, 2.45) is 0 Å². The van der Waals surface area contributed by atoms with Crippen LogP contribution in [0.4, 0.5) is 0 Å². The zero-order chi connectivity index (χ0) is 13.5. The number of hydrogen-bond donors (Lipinski definition) is 1. The van der Waals surface area contributed by atoms with Gasteiger partial charge in [0.05, 0.1) is 0 Å². The zero-order valence-electron chi connectivity index (χ0n) is 10.6. The van der Waals surface area contributed by atoms with Gasteiger partial charge in [0.15, 0.2) is 0 Å². The standard InChI is InChI=1S/C12H18BrN3O2/c1-14-6-8-15(2)11(17)5-7-16-9-10(13)3-4-12(16)18/h3-4,9,14H,5-8H2,1-2H3. The summed E-state index contributed by atoms with van der Waals surface area (Å²) in [6, 6.07) is 3.18. The Morgan fingerprint density at radius 1 is 1.50 bits per heavy atom. The molecule has 0 saturated heterocycles. The van der Waals surface area contributed by atoms with Crippen LogP contribution >= 0.6 is 15.9 Å². The SMILES string of the molecule is CNCCN(C)C(=O)CCn1cc(Br)ccc1=O. The van der Waals surface area contributed by atoms with E-state index in [4.69, 9.17) is 0 Å². The molecule has 0 spiro atoms. The summed E-state index contributed by atoms with van der Waals surface area (Å²) in [4.78, 5) is 25.0. The molecule has 0 saturated carbocycles. The van der Waals surface area contributed by atoms with E-state index in [1.807, 2.05) is 7.05 Å². The Bertz CT molecular complexity index is 459. The van der Waals surface area contributed by atoms with Gasteiger partial charge in [-0.3, -0.25) is 9.59 Å². The van der Waals surface area contributed by atoms with Gasteiger partial charge in [-0.25, -0.2) is 0 Å². The highest BCUT2D eigenvalue weighted by atomic mass is 79.9. The van der Waals surface area contributed by atoms with Crippen molar-refractivity contribution in [1.29, 1.82) is 0 Å². The van der Waals surface area contributed by atoms with Crippen LogP contribution in [0.15, 0.2) is 27.6 Å². The molecule has 1 aromatic heterocycles. The van der Waals surface area contributed by atoms with E-state index >= 15 is 0 Å². The highest BCUT2D eigenvalue weighted by Crippen LogP contribution is 2.05. The van der Waals surface area contributed by atoms with Gasteiger partial charge in [0.2, 0.25) is 5.91 Å². The van der Waals surface area contributed by atoms with Gasteiger partial charge in [-0.05, 0) is 29.0 Å². The molecule has 6 heteroatoms. The summed E-state index contributed by atoms with van der Waals surface area (Å²) in [7, 11) is 3.61. The Hall–Kier alpha value is -1.14. The van der Waals surface area contributed by atoms with E-state index < -0.39 is 0 Å². The molecule has 0 bridgehead atoms. The third kappa shape index (κ3) is 4.62. The summed E-state index contributed by atoms with van der Waals surface area (Å²) in [6.45, 7) is 1.84. The van der Waals surface area contributed by atoms with E-state index in [2.05, 4.69) is 21.2 Å². The van der Waals surface area contributed by atoms with Gasteiger partial charge in [-0.2, -0.15) is 0 Å². The average molecular weight is 316 g/mol. The average Bonchev–Trinajstić information content (AvgIpc) is 2.36. The molecule has 100 valence electrons. The van der Waals surface area contributed by atoms with E-state index in [9.17, 15) is 9.59 Å². The van der Waals surface area contributed by atoms with Gasteiger partial charge in [0.25, 0.3) is 5.56 Å². The molecule has 1 N–H and O–H groups in total. The Balaban J connectivity index is 2.52. The van der Waals surface area contributed by atoms with Crippen molar-refractivity contribution in [3.63, 3.8) is 0 Å². The van der Waals surface area contributed by atoms with Crippen molar-refractivity contribution < 1.29 is 4.79 Å². The van der Waals surface area contributed by atoms with Crippen LogP contribution in [0.2, 0.25) is 0 Å². The smallest absolute Gasteiger partial charge is 0.250 e. The minimum atomic E-state index is -0.0936. The number of nitrogens with zero attached hydrogens (tertiary/aromatic N) is 2. The van der Waals surface area contributed by atoms with Gasteiger partial charge < -0.3 is 14.8 Å². The fraction of sp³-hybridized carbons (Fsp3) is 0.500. The summed E-state index contributed by atoms with van der Waals surface area (Å²) in [5.74, 6) is 0.0390. The van der Waals surface area contributed by atoms with Crippen LogP contribution in [0.25, 0.3) is 0 Å². The lowest BCUT2D eigenvalue weighted by Gasteiger charge is -2.17. The summed E-state index contributed by atoms with van der Waals surface area (Å²) in [5.41, 5.74) is -0.0936. The highest BCUT2D eigenvalue weighted by Gasteiger charge is 2.08. The molecule has 0 aliphatic rings. The first-order chi connectivity index (χ1) is 8.54. The molecule has 1 aromatic rings. The number of amides is 1. The maximum Gasteiger partial charge on any atom is 0.250 e. The molecule has 0 aliphatic heterocycles. The van der Waals surface area contributed by atoms with Gasteiger partial charge >= 0.3 is 0 Å². The minimum Gasteiger partial charge on any atom is -0.344 e. The van der Waals surface area contributed by atoms with Crippen LogP contribution in [0.5, 0.6) is 0 Å². The first-order valence-electron chi connectivity index (χ1n) is 5.79. The van der Waals surface area contributed by atoms with Crippen LogP contribution in [0.3, 0.4) is 0 Å². The molecule has 18 heavy (non-hydrogen) atoms. The number of aromatic nitrogens is 1. The molecule has 1 amide bonds. The predicted octanol–water partition coefficient (Wildman–Crippen LogP) is 0.679. The van der Waals surface area contributed by atoms with Gasteiger partial charge in [0, 0.05) is 49.8 Å². The van der Waals surface area contributed by atoms with Gasteiger partial charge in [-0.1, -0.05) is 0 Å². The Kier molecular flexibility index (Phi) is 6.07. The first kappa shape index (κ1) is 14.9. The molecule has 1 rings (SSSR count). The van der Waals surface area contributed by atoms with Crippen molar-refractivity contribution >= 4 is 21.8 Å². The summed E-state index contributed by atoms with van der Waals surface area (Å²) in [6.07, 6.45) is 2.03. The second-order valence-corrected chi connectivity index (χ2v) is 4.96. The predicted molar refractivity (Wildman–Crippen MR) is 74.6 cm³/mol. The Morgan fingerprint density at radius 3 is 2.89 bits per heavy atom. The Labute approximate surface area is 115 Å². The summed E-state index contributed by atoms with van der Waals surface area (Å²) < 4.78 is 2.37. The van der Waals surface area contributed by atoms with E-state index in [1.54, 1.807) is 24.2 Å².